The number of halogens is 1. The average Bonchev–Trinajstić information content (AvgIpc) is 3.14. The Morgan fingerprint density at radius 3 is 2.81 bits per heavy atom. The normalized spacial score (nSPS) is 19.4. The number of benzene rings is 1. The molecule has 0 radical (unpaired) electrons. The molecule has 1 aromatic carbocycles. The first-order valence-electron chi connectivity index (χ1n) is 11.0. The van der Waals surface area contributed by atoms with Gasteiger partial charge in [-0.1, -0.05) is 36.7 Å². The maximum Gasteiger partial charge on any atom is 0.264 e. The van der Waals surface area contributed by atoms with E-state index in [1.54, 1.807) is 13.0 Å². The number of hydrogen-bond donors (Lipinski definition) is 1. The van der Waals surface area contributed by atoms with E-state index >= 15 is 0 Å². The van der Waals surface area contributed by atoms with Crippen molar-refractivity contribution in [1.29, 1.82) is 0 Å². The van der Waals surface area contributed by atoms with Crippen LogP contribution in [0.5, 0.6) is 0 Å². The van der Waals surface area contributed by atoms with Gasteiger partial charge in [0, 0.05) is 17.5 Å². The van der Waals surface area contributed by atoms with Gasteiger partial charge in [0.25, 0.3) is 5.56 Å². The van der Waals surface area contributed by atoms with E-state index in [2.05, 4.69) is 29.2 Å². The van der Waals surface area contributed by atoms with Gasteiger partial charge in [-0.15, -0.1) is 0 Å². The second kappa shape index (κ2) is 9.01. The first kappa shape index (κ1) is 21.8. The van der Waals surface area contributed by atoms with Crippen molar-refractivity contribution in [3.05, 3.63) is 39.3 Å². The fraction of sp³-hybridized carbons (Fsp3) is 0.522. The number of nitrogens with one attached hydrogen (secondary N) is 1. The Morgan fingerprint density at radius 1 is 1.29 bits per heavy atom. The second-order valence-corrected chi connectivity index (χ2v) is 8.72. The van der Waals surface area contributed by atoms with Crippen molar-refractivity contribution < 1.29 is 9.32 Å². The molecular weight excluding hydrogens is 416 g/mol. The Morgan fingerprint density at radius 2 is 2.06 bits per heavy atom. The number of carbonyl (C=O) groups is 1. The quantitative estimate of drug-likeness (QED) is 0.620. The van der Waals surface area contributed by atoms with Crippen LogP contribution < -0.4 is 10.9 Å². The lowest BCUT2D eigenvalue weighted by Crippen LogP contribution is -2.44. The standard InChI is InChI=1S/C23H29ClN4O3/c1-4-27(5-2)13-19(29)25-15-8-6-9-16(12-15)28-18-11-7-10-17(24)21(18)22-20(23(28)30)14(3)31-26-22/h7,10-11,15-16H,4-6,8-9,12-13H2,1-3H3,(H,25,29). The molecule has 2 aromatic heterocycles. The second-order valence-electron chi connectivity index (χ2n) is 8.32. The number of amides is 1. The van der Waals surface area contributed by atoms with Gasteiger partial charge in [-0.3, -0.25) is 14.5 Å². The molecule has 1 aliphatic rings. The molecule has 0 bridgehead atoms. The van der Waals surface area contributed by atoms with E-state index in [0.717, 1.165) is 43.3 Å². The molecule has 1 amide bonds. The Balaban J connectivity index is 1.69. The van der Waals surface area contributed by atoms with Gasteiger partial charge in [0.2, 0.25) is 5.91 Å². The molecule has 7 nitrogen and oxygen atoms in total. The lowest BCUT2D eigenvalue weighted by molar-refractivity contribution is -0.123. The summed E-state index contributed by atoms with van der Waals surface area (Å²) in [4.78, 5) is 28.1. The van der Waals surface area contributed by atoms with Crippen LogP contribution in [0.15, 0.2) is 27.5 Å². The number of pyridine rings is 1. The number of nitrogens with zero attached hydrogens (tertiary/aromatic N) is 3. The molecular formula is C23H29ClN4O3. The summed E-state index contributed by atoms with van der Waals surface area (Å²) in [6.07, 6.45) is 3.44. The zero-order chi connectivity index (χ0) is 22.1. The molecule has 1 aliphatic carbocycles. The van der Waals surface area contributed by atoms with Gasteiger partial charge < -0.3 is 14.4 Å². The third-order valence-electron chi connectivity index (χ3n) is 6.42. The number of rotatable bonds is 6. The van der Waals surface area contributed by atoms with E-state index in [-0.39, 0.29) is 23.6 Å². The molecule has 4 rings (SSSR count). The lowest BCUT2D eigenvalue weighted by atomic mass is 9.90. The Labute approximate surface area is 186 Å². The molecule has 0 aliphatic heterocycles. The molecule has 1 N–H and O–H groups in total. The van der Waals surface area contributed by atoms with Gasteiger partial charge in [-0.25, -0.2) is 0 Å². The van der Waals surface area contributed by atoms with Crippen LogP contribution in [0, 0.1) is 6.92 Å². The molecule has 166 valence electrons. The Kier molecular flexibility index (Phi) is 6.34. The van der Waals surface area contributed by atoms with Crippen molar-refractivity contribution in [2.75, 3.05) is 19.6 Å². The van der Waals surface area contributed by atoms with Crippen LogP contribution in [0.2, 0.25) is 5.02 Å². The fourth-order valence-electron chi connectivity index (χ4n) is 4.79. The van der Waals surface area contributed by atoms with Gasteiger partial charge in [0.15, 0.2) is 0 Å². The number of hydrogen-bond acceptors (Lipinski definition) is 5. The smallest absolute Gasteiger partial charge is 0.264 e. The molecule has 0 spiro atoms. The van der Waals surface area contributed by atoms with Crippen LogP contribution in [0.3, 0.4) is 0 Å². The number of carbonyl (C=O) groups excluding carboxylic acids is 1. The van der Waals surface area contributed by atoms with E-state index in [4.69, 9.17) is 16.1 Å². The minimum Gasteiger partial charge on any atom is -0.360 e. The largest absolute Gasteiger partial charge is 0.360 e. The molecule has 0 saturated heterocycles. The summed E-state index contributed by atoms with van der Waals surface area (Å²) >= 11 is 6.52. The van der Waals surface area contributed by atoms with E-state index in [1.165, 1.54) is 0 Å². The summed E-state index contributed by atoms with van der Waals surface area (Å²) in [5.41, 5.74) is 1.17. The maximum atomic E-state index is 13.5. The van der Waals surface area contributed by atoms with Crippen molar-refractivity contribution in [3.8, 4) is 0 Å². The highest BCUT2D eigenvalue weighted by Crippen LogP contribution is 2.35. The monoisotopic (exact) mass is 444 g/mol. The molecule has 2 unspecified atom stereocenters. The SMILES string of the molecule is CCN(CC)CC(=O)NC1CCCC(n2c(=O)c3c(C)onc3c3c(Cl)cccc32)C1. The highest BCUT2D eigenvalue weighted by atomic mass is 35.5. The third-order valence-corrected chi connectivity index (χ3v) is 6.74. The summed E-state index contributed by atoms with van der Waals surface area (Å²) < 4.78 is 7.19. The predicted molar refractivity (Wildman–Crippen MR) is 123 cm³/mol. The van der Waals surface area contributed by atoms with Crippen molar-refractivity contribution in [3.63, 3.8) is 0 Å². The van der Waals surface area contributed by atoms with Crippen molar-refractivity contribution >= 4 is 39.3 Å². The van der Waals surface area contributed by atoms with Crippen LogP contribution in [-0.4, -0.2) is 46.2 Å². The zero-order valence-corrected chi connectivity index (χ0v) is 19.0. The molecule has 1 saturated carbocycles. The van der Waals surface area contributed by atoms with E-state index in [9.17, 15) is 9.59 Å². The first-order chi connectivity index (χ1) is 14.9. The summed E-state index contributed by atoms with van der Waals surface area (Å²) in [7, 11) is 0. The molecule has 2 atom stereocenters. The molecule has 8 heteroatoms. The maximum absolute atomic E-state index is 13.5. The minimum atomic E-state index is -0.108. The first-order valence-corrected chi connectivity index (χ1v) is 11.4. The Hall–Kier alpha value is -2.38. The van der Waals surface area contributed by atoms with E-state index in [0.29, 0.717) is 34.7 Å². The topological polar surface area (TPSA) is 80.4 Å². The number of aryl methyl sites for hydroxylation is 1. The fourth-order valence-corrected chi connectivity index (χ4v) is 5.05. The highest BCUT2D eigenvalue weighted by Gasteiger charge is 2.29. The van der Waals surface area contributed by atoms with Crippen LogP contribution in [0.25, 0.3) is 21.8 Å². The minimum absolute atomic E-state index is 0.0281. The number of likely N-dealkylation sites (N-methyl/N-ethyl adjacent to an activating group) is 1. The number of aromatic nitrogens is 2. The van der Waals surface area contributed by atoms with Crippen molar-refractivity contribution in [2.45, 2.75) is 58.5 Å². The average molecular weight is 445 g/mol. The molecule has 3 aromatic rings. The van der Waals surface area contributed by atoms with Crippen LogP contribution >= 0.6 is 11.6 Å². The van der Waals surface area contributed by atoms with E-state index in [1.807, 2.05) is 16.7 Å². The van der Waals surface area contributed by atoms with Gasteiger partial charge in [0.1, 0.15) is 16.7 Å². The van der Waals surface area contributed by atoms with Crippen LogP contribution in [0.4, 0.5) is 0 Å². The highest BCUT2D eigenvalue weighted by molar-refractivity contribution is 6.37. The third kappa shape index (κ3) is 4.08. The van der Waals surface area contributed by atoms with Crippen molar-refractivity contribution in [2.24, 2.45) is 0 Å². The van der Waals surface area contributed by atoms with Crippen LogP contribution in [-0.2, 0) is 4.79 Å². The van der Waals surface area contributed by atoms with Gasteiger partial charge >= 0.3 is 0 Å². The molecule has 31 heavy (non-hydrogen) atoms. The zero-order valence-electron chi connectivity index (χ0n) is 18.3. The van der Waals surface area contributed by atoms with E-state index < -0.39 is 0 Å². The van der Waals surface area contributed by atoms with Gasteiger partial charge in [-0.2, -0.15) is 0 Å². The predicted octanol–water partition coefficient (Wildman–Crippen LogP) is 4.05. The summed E-state index contributed by atoms with van der Waals surface area (Å²) in [5, 5.41) is 9.07. The van der Waals surface area contributed by atoms with Gasteiger partial charge in [0.05, 0.1) is 17.1 Å². The van der Waals surface area contributed by atoms with Crippen molar-refractivity contribution in [1.82, 2.24) is 19.9 Å². The molecule has 1 fully saturated rings. The summed E-state index contributed by atoms with van der Waals surface area (Å²) in [5.74, 6) is 0.537. The lowest BCUT2D eigenvalue weighted by Gasteiger charge is -2.32. The summed E-state index contributed by atoms with van der Waals surface area (Å²) in [6, 6.07) is 5.58. The van der Waals surface area contributed by atoms with Gasteiger partial charge in [-0.05, 0) is 57.8 Å². The van der Waals surface area contributed by atoms with Crippen LogP contribution in [0.1, 0.15) is 51.3 Å². The summed E-state index contributed by atoms with van der Waals surface area (Å²) in [6.45, 7) is 7.95. The number of fused-ring (bicyclic) bond motifs is 3. The Bertz CT molecular complexity index is 1170. The molecule has 2 heterocycles.